The van der Waals surface area contributed by atoms with Crippen molar-refractivity contribution in [3.05, 3.63) is 71.0 Å². The van der Waals surface area contributed by atoms with Crippen molar-refractivity contribution in [2.24, 2.45) is 0 Å². The highest BCUT2D eigenvalue weighted by molar-refractivity contribution is 6.30. The van der Waals surface area contributed by atoms with Crippen LogP contribution in [0.4, 0.5) is 4.39 Å². The maximum absolute atomic E-state index is 12.8. The summed E-state index contributed by atoms with van der Waals surface area (Å²) in [5.74, 6) is 0.130. The number of ether oxygens (including phenoxy) is 1. The highest BCUT2D eigenvalue weighted by Crippen LogP contribution is 2.12. The predicted molar refractivity (Wildman–Crippen MR) is 90.0 cm³/mol. The lowest BCUT2D eigenvalue weighted by Gasteiger charge is -2.15. The molecule has 0 heterocycles. The number of benzene rings is 2. The van der Waals surface area contributed by atoms with Crippen LogP contribution in [-0.2, 0) is 4.79 Å². The monoisotopic (exact) mass is 333 g/mol. The normalized spacial score (nSPS) is 10.7. The van der Waals surface area contributed by atoms with Gasteiger partial charge in [0.05, 0.1) is 6.54 Å². The fourth-order valence-electron chi connectivity index (χ4n) is 1.85. The number of hydrogen-bond donors (Lipinski definition) is 0. The molecule has 0 atom stereocenters. The average molecular weight is 334 g/mol. The third kappa shape index (κ3) is 5.75. The first-order valence-electron chi connectivity index (χ1n) is 7.12. The van der Waals surface area contributed by atoms with Gasteiger partial charge in [-0.25, -0.2) is 4.39 Å². The molecule has 0 radical (unpaired) electrons. The Hall–Kier alpha value is -2.33. The second-order valence-electron chi connectivity index (χ2n) is 4.95. The van der Waals surface area contributed by atoms with Crippen LogP contribution in [0.1, 0.15) is 5.56 Å². The van der Waals surface area contributed by atoms with Crippen molar-refractivity contribution < 1.29 is 13.9 Å². The van der Waals surface area contributed by atoms with Gasteiger partial charge in [0.15, 0.2) is 0 Å². The minimum atomic E-state index is -0.309. The first-order valence-corrected chi connectivity index (χ1v) is 7.49. The van der Waals surface area contributed by atoms with Crippen LogP contribution in [0.2, 0.25) is 5.02 Å². The van der Waals surface area contributed by atoms with E-state index < -0.39 is 0 Å². The quantitative estimate of drug-likeness (QED) is 0.747. The number of rotatable bonds is 6. The highest BCUT2D eigenvalue weighted by atomic mass is 35.5. The molecule has 0 aliphatic carbocycles. The molecule has 0 N–H and O–H groups in total. The number of halogens is 2. The molecular weight excluding hydrogens is 317 g/mol. The summed E-state index contributed by atoms with van der Waals surface area (Å²) in [4.78, 5) is 13.5. The zero-order valence-corrected chi connectivity index (χ0v) is 13.5. The fraction of sp³-hybridized carbons (Fsp3) is 0.167. The Kier molecular flexibility index (Phi) is 6.18. The summed E-state index contributed by atoms with van der Waals surface area (Å²) < 4.78 is 18.2. The average Bonchev–Trinajstić information content (AvgIpc) is 2.54. The molecule has 1 amide bonds. The molecule has 2 aromatic carbocycles. The van der Waals surface area contributed by atoms with Gasteiger partial charge in [-0.3, -0.25) is 4.79 Å². The van der Waals surface area contributed by atoms with Crippen molar-refractivity contribution in [1.29, 1.82) is 0 Å². The van der Waals surface area contributed by atoms with Crippen LogP contribution < -0.4 is 4.74 Å². The number of likely N-dealkylation sites (N-methyl/N-ethyl adjacent to an activating group) is 1. The molecule has 0 unspecified atom stereocenters. The molecule has 0 spiro atoms. The summed E-state index contributed by atoms with van der Waals surface area (Å²) >= 11 is 5.89. The second-order valence-corrected chi connectivity index (χ2v) is 5.39. The van der Waals surface area contributed by atoms with Gasteiger partial charge >= 0.3 is 0 Å². The van der Waals surface area contributed by atoms with Crippen LogP contribution in [0.5, 0.6) is 5.75 Å². The lowest BCUT2D eigenvalue weighted by atomic mass is 10.2. The fourth-order valence-corrected chi connectivity index (χ4v) is 2.05. The molecule has 2 rings (SSSR count). The number of carbonyl (C=O) groups excluding carboxylic acids is 1. The summed E-state index contributed by atoms with van der Waals surface area (Å²) in [7, 11) is 1.69. The summed E-state index contributed by atoms with van der Waals surface area (Å²) in [6.07, 6.45) is 3.20. The van der Waals surface area contributed by atoms with Crippen LogP contribution in [0.3, 0.4) is 0 Å². The summed E-state index contributed by atoms with van der Waals surface area (Å²) in [6.45, 7) is 0.759. The molecule has 23 heavy (non-hydrogen) atoms. The molecule has 0 fully saturated rings. The van der Waals surface area contributed by atoms with Crippen molar-refractivity contribution in [1.82, 2.24) is 4.90 Å². The number of nitrogens with zero attached hydrogens (tertiary/aromatic N) is 1. The smallest absolute Gasteiger partial charge is 0.246 e. The van der Waals surface area contributed by atoms with E-state index in [-0.39, 0.29) is 11.7 Å². The van der Waals surface area contributed by atoms with E-state index in [0.29, 0.717) is 23.9 Å². The van der Waals surface area contributed by atoms with Gasteiger partial charge in [0.2, 0.25) is 5.91 Å². The van der Waals surface area contributed by atoms with E-state index in [1.807, 2.05) is 12.1 Å². The van der Waals surface area contributed by atoms with Gasteiger partial charge in [0.25, 0.3) is 0 Å². The molecule has 0 aromatic heterocycles. The lowest BCUT2D eigenvalue weighted by molar-refractivity contribution is -0.125. The molecule has 120 valence electrons. The first-order chi connectivity index (χ1) is 11.0. The SMILES string of the molecule is CN(CCOc1ccc(F)cc1)C(=O)/C=C/c1cccc(Cl)c1. The van der Waals surface area contributed by atoms with Gasteiger partial charge in [-0.2, -0.15) is 0 Å². The lowest BCUT2D eigenvalue weighted by Crippen LogP contribution is -2.29. The van der Waals surface area contributed by atoms with Crippen molar-refractivity contribution in [3.63, 3.8) is 0 Å². The zero-order valence-electron chi connectivity index (χ0n) is 12.7. The van der Waals surface area contributed by atoms with Gasteiger partial charge in [-0.1, -0.05) is 23.7 Å². The van der Waals surface area contributed by atoms with Gasteiger partial charge < -0.3 is 9.64 Å². The zero-order chi connectivity index (χ0) is 16.7. The van der Waals surface area contributed by atoms with Crippen LogP contribution in [-0.4, -0.2) is 31.0 Å². The Bertz CT molecular complexity index is 686. The number of carbonyl (C=O) groups is 1. The standard InChI is InChI=1S/C18H17ClFNO2/c1-21(11-12-23-17-8-6-16(20)7-9-17)18(22)10-5-14-3-2-4-15(19)13-14/h2-10,13H,11-12H2,1H3/b10-5+. The Labute approximate surface area is 139 Å². The Morgan fingerprint density at radius 2 is 2.00 bits per heavy atom. The Morgan fingerprint density at radius 1 is 1.26 bits per heavy atom. The highest BCUT2D eigenvalue weighted by Gasteiger charge is 2.05. The van der Waals surface area contributed by atoms with Crippen LogP contribution >= 0.6 is 11.6 Å². The van der Waals surface area contributed by atoms with E-state index in [1.54, 1.807) is 42.3 Å². The van der Waals surface area contributed by atoms with Crippen molar-refractivity contribution in [3.8, 4) is 5.75 Å². The van der Waals surface area contributed by atoms with Gasteiger partial charge in [-0.05, 0) is 48.0 Å². The van der Waals surface area contributed by atoms with Crippen LogP contribution in [0.25, 0.3) is 6.08 Å². The first kappa shape index (κ1) is 17.0. The molecule has 0 aliphatic heterocycles. The van der Waals surface area contributed by atoms with Crippen molar-refractivity contribution >= 4 is 23.6 Å². The summed E-state index contributed by atoms with van der Waals surface area (Å²) in [5, 5.41) is 0.626. The second kappa shape index (κ2) is 8.34. The largest absolute Gasteiger partial charge is 0.492 e. The van der Waals surface area contributed by atoms with E-state index >= 15 is 0 Å². The molecular formula is C18H17ClFNO2. The van der Waals surface area contributed by atoms with Gasteiger partial charge in [0.1, 0.15) is 18.2 Å². The van der Waals surface area contributed by atoms with E-state index in [0.717, 1.165) is 5.56 Å². The van der Waals surface area contributed by atoms with E-state index in [4.69, 9.17) is 16.3 Å². The van der Waals surface area contributed by atoms with E-state index in [1.165, 1.54) is 18.2 Å². The van der Waals surface area contributed by atoms with Gasteiger partial charge in [0, 0.05) is 18.1 Å². The Morgan fingerprint density at radius 3 is 2.70 bits per heavy atom. The maximum atomic E-state index is 12.8. The van der Waals surface area contributed by atoms with Gasteiger partial charge in [-0.15, -0.1) is 0 Å². The van der Waals surface area contributed by atoms with Crippen molar-refractivity contribution in [2.75, 3.05) is 20.2 Å². The number of hydrogen-bond acceptors (Lipinski definition) is 2. The third-order valence-electron chi connectivity index (χ3n) is 3.15. The maximum Gasteiger partial charge on any atom is 0.246 e. The summed E-state index contributed by atoms with van der Waals surface area (Å²) in [6, 6.07) is 13.0. The molecule has 0 saturated carbocycles. The predicted octanol–water partition coefficient (Wildman–Crippen LogP) is 4.03. The molecule has 0 saturated heterocycles. The topological polar surface area (TPSA) is 29.5 Å². The summed E-state index contributed by atoms with van der Waals surface area (Å²) in [5.41, 5.74) is 0.863. The molecule has 0 bridgehead atoms. The molecule has 0 aliphatic rings. The van der Waals surface area contributed by atoms with Crippen LogP contribution in [0.15, 0.2) is 54.6 Å². The minimum Gasteiger partial charge on any atom is -0.492 e. The Balaban J connectivity index is 1.79. The van der Waals surface area contributed by atoms with Crippen LogP contribution in [0, 0.1) is 5.82 Å². The minimum absolute atomic E-state index is 0.132. The molecule has 2 aromatic rings. The number of amides is 1. The van der Waals surface area contributed by atoms with Crippen molar-refractivity contribution in [2.45, 2.75) is 0 Å². The van der Waals surface area contributed by atoms with E-state index in [2.05, 4.69) is 0 Å². The molecule has 5 heteroatoms. The van der Waals surface area contributed by atoms with E-state index in [9.17, 15) is 9.18 Å². The molecule has 3 nitrogen and oxygen atoms in total. The third-order valence-corrected chi connectivity index (χ3v) is 3.39.